The van der Waals surface area contributed by atoms with Gasteiger partial charge in [0, 0.05) is 35.3 Å². The van der Waals surface area contributed by atoms with Crippen molar-refractivity contribution < 1.29 is 17.7 Å². The number of nitrogens with one attached hydrogen (secondary N) is 1. The average molecular weight is 467 g/mol. The minimum absolute atomic E-state index is 0.103. The number of rotatable bonds is 7. The number of piperidine rings is 1. The van der Waals surface area contributed by atoms with Crippen molar-refractivity contribution in [3.05, 3.63) is 39.7 Å². The number of aryl methyl sites for hydroxylation is 1. The topological polar surface area (TPSA) is 105 Å². The predicted octanol–water partition coefficient (Wildman–Crippen LogP) is 3.14. The molecule has 0 bridgehead atoms. The molecule has 4 rings (SSSR count). The lowest BCUT2D eigenvalue weighted by Crippen LogP contribution is -2.45. The van der Waals surface area contributed by atoms with Crippen LogP contribution in [0.5, 0.6) is 0 Å². The number of nitrogens with zero attached hydrogens (tertiary/aromatic N) is 3. The van der Waals surface area contributed by atoms with Gasteiger partial charge in [0.05, 0.1) is 12.5 Å². The van der Waals surface area contributed by atoms with E-state index in [1.807, 2.05) is 24.4 Å². The van der Waals surface area contributed by atoms with Crippen LogP contribution in [0, 0.1) is 5.92 Å². The van der Waals surface area contributed by atoms with Crippen molar-refractivity contribution in [3.8, 4) is 11.4 Å². The van der Waals surface area contributed by atoms with Crippen molar-refractivity contribution in [3.63, 3.8) is 0 Å². The maximum absolute atomic E-state index is 13.1. The lowest BCUT2D eigenvalue weighted by molar-refractivity contribution is -0.126. The molecule has 1 aliphatic rings. The monoisotopic (exact) mass is 466 g/mol. The second kappa shape index (κ2) is 8.96. The van der Waals surface area contributed by atoms with Crippen molar-refractivity contribution in [1.29, 1.82) is 0 Å². The molecule has 1 fully saturated rings. The Kier molecular flexibility index (Phi) is 6.32. The Balaban J connectivity index is 1.44. The van der Waals surface area contributed by atoms with Crippen LogP contribution in [0.4, 0.5) is 0 Å². The summed E-state index contributed by atoms with van der Waals surface area (Å²) in [6.45, 7) is 2.98. The van der Waals surface area contributed by atoms with Gasteiger partial charge < -0.3 is 9.84 Å². The van der Waals surface area contributed by atoms with Gasteiger partial charge in [0.25, 0.3) is 10.0 Å². The molecule has 1 N–H and O–H groups in total. The molecular formula is C19H22N4O4S3. The number of sulfonamides is 1. The van der Waals surface area contributed by atoms with Crippen LogP contribution in [0.1, 0.15) is 30.5 Å². The number of hydrogen-bond donors (Lipinski definition) is 1. The maximum Gasteiger partial charge on any atom is 0.252 e. The second-order valence-electron chi connectivity index (χ2n) is 7.02. The molecule has 8 nitrogen and oxygen atoms in total. The van der Waals surface area contributed by atoms with Crippen LogP contribution in [0.3, 0.4) is 0 Å². The van der Waals surface area contributed by atoms with E-state index in [9.17, 15) is 13.2 Å². The van der Waals surface area contributed by atoms with E-state index in [-0.39, 0.29) is 22.6 Å². The lowest BCUT2D eigenvalue weighted by atomic mass is 9.99. The van der Waals surface area contributed by atoms with Gasteiger partial charge in [-0.1, -0.05) is 18.1 Å². The largest absolute Gasteiger partial charge is 0.351 e. The zero-order valence-electron chi connectivity index (χ0n) is 16.4. The van der Waals surface area contributed by atoms with E-state index in [0.29, 0.717) is 49.6 Å². The van der Waals surface area contributed by atoms with Crippen LogP contribution in [0.2, 0.25) is 0 Å². The number of hydrogen-bond acceptors (Lipinski definition) is 8. The standard InChI is InChI=1S/C19H22N4O4S3/c1-2-16-21-18(22-27-16)14-9-17(29-12-14)30(25,26)23-7-3-5-13(11-23)19(24)20-10-15-6-4-8-28-15/h4,6,8-9,12-13H,2-3,5,7,10-11H2,1H3,(H,20,24). The number of carbonyl (C=O) groups excluding carboxylic acids is 1. The van der Waals surface area contributed by atoms with Gasteiger partial charge in [0.2, 0.25) is 17.6 Å². The Hall–Kier alpha value is -2.08. The first-order valence-corrected chi connectivity index (χ1v) is 12.9. The summed E-state index contributed by atoms with van der Waals surface area (Å²) in [5.41, 5.74) is 0.615. The number of aromatic nitrogens is 2. The Morgan fingerprint density at radius 2 is 2.27 bits per heavy atom. The summed E-state index contributed by atoms with van der Waals surface area (Å²) in [6, 6.07) is 5.48. The molecule has 3 aromatic rings. The molecule has 1 atom stereocenters. The molecule has 1 amide bonds. The third-order valence-electron chi connectivity index (χ3n) is 4.97. The highest BCUT2D eigenvalue weighted by Crippen LogP contribution is 2.31. The quantitative estimate of drug-likeness (QED) is 0.573. The van der Waals surface area contributed by atoms with E-state index < -0.39 is 10.0 Å². The van der Waals surface area contributed by atoms with Crippen molar-refractivity contribution in [2.24, 2.45) is 5.92 Å². The van der Waals surface area contributed by atoms with Gasteiger partial charge in [-0.25, -0.2) is 8.42 Å². The lowest BCUT2D eigenvalue weighted by Gasteiger charge is -2.30. The van der Waals surface area contributed by atoms with Crippen LogP contribution < -0.4 is 5.32 Å². The fourth-order valence-corrected chi connectivity index (χ4v) is 6.80. The fraction of sp³-hybridized carbons (Fsp3) is 0.421. The summed E-state index contributed by atoms with van der Waals surface area (Å²) in [4.78, 5) is 17.9. The number of carbonyl (C=O) groups is 1. The summed E-state index contributed by atoms with van der Waals surface area (Å²) in [6.07, 6.45) is 1.95. The average Bonchev–Trinajstić information content (AvgIpc) is 3.53. The van der Waals surface area contributed by atoms with E-state index in [0.717, 1.165) is 16.2 Å². The predicted molar refractivity (Wildman–Crippen MR) is 115 cm³/mol. The molecule has 0 saturated carbocycles. The molecule has 160 valence electrons. The molecular weight excluding hydrogens is 444 g/mol. The minimum atomic E-state index is -3.68. The van der Waals surface area contributed by atoms with Crippen LogP contribution in [0.25, 0.3) is 11.4 Å². The Morgan fingerprint density at radius 3 is 3.00 bits per heavy atom. The van der Waals surface area contributed by atoms with Gasteiger partial charge in [-0.15, -0.1) is 22.7 Å². The highest BCUT2D eigenvalue weighted by atomic mass is 32.2. The first-order valence-electron chi connectivity index (χ1n) is 9.69. The second-order valence-corrected chi connectivity index (χ2v) is 11.1. The highest BCUT2D eigenvalue weighted by molar-refractivity contribution is 7.91. The molecule has 0 radical (unpaired) electrons. The summed E-state index contributed by atoms with van der Waals surface area (Å²) in [5.74, 6) is 0.438. The fourth-order valence-electron chi connectivity index (χ4n) is 3.32. The first-order chi connectivity index (χ1) is 14.5. The summed E-state index contributed by atoms with van der Waals surface area (Å²) in [7, 11) is -3.68. The van der Waals surface area contributed by atoms with E-state index in [1.165, 1.54) is 4.31 Å². The normalized spacial score (nSPS) is 17.8. The van der Waals surface area contributed by atoms with Gasteiger partial charge >= 0.3 is 0 Å². The van der Waals surface area contributed by atoms with E-state index in [2.05, 4.69) is 15.5 Å². The van der Waals surface area contributed by atoms with Crippen molar-refractivity contribution in [2.75, 3.05) is 13.1 Å². The molecule has 0 spiro atoms. The van der Waals surface area contributed by atoms with Crippen molar-refractivity contribution in [1.82, 2.24) is 19.8 Å². The smallest absolute Gasteiger partial charge is 0.252 e. The molecule has 30 heavy (non-hydrogen) atoms. The molecule has 0 aromatic carbocycles. The zero-order valence-corrected chi connectivity index (χ0v) is 18.9. The third kappa shape index (κ3) is 4.48. The van der Waals surface area contributed by atoms with Gasteiger partial charge in [-0.05, 0) is 30.4 Å². The Bertz CT molecular complexity index is 1100. The van der Waals surface area contributed by atoms with Gasteiger partial charge in [0.1, 0.15) is 4.21 Å². The molecule has 11 heteroatoms. The SMILES string of the molecule is CCc1nc(-c2csc(S(=O)(=O)N3CCCC(C(=O)NCc4cccs4)C3)c2)no1. The summed E-state index contributed by atoms with van der Waals surface area (Å²) >= 11 is 2.71. The summed E-state index contributed by atoms with van der Waals surface area (Å²) in [5, 5.41) is 10.5. The molecule has 4 heterocycles. The maximum atomic E-state index is 13.1. The molecule has 1 saturated heterocycles. The molecule has 1 unspecified atom stereocenters. The van der Waals surface area contributed by atoms with Crippen LogP contribution >= 0.6 is 22.7 Å². The van der Waals surface area contributed by atoms with Crippen LogP contribution in [-0.2, 0) is 27.8 Å². The highest BCUT2D eigenvalue weighted by Gasteiger charge is 2.34. The van der Waals surface area contributed by atoms with Gasteiger partial charge in [-0.3, -0.25) is 4.79 Å². The molecule has 1 aliphatic heterocycles. The van der Waals surface area contributed by atoms with Crippen molar-refractivity contribution >= 4 is 38.6 Å². The number of amides is 1. The van der Waals surface area contributed by atoms with Gasteiger partial charge in [0.15, 0.2) is 0 Å². The molecule has 3 aromatic heterocycles. The third-order valence-corrected chi connectivity index (χ3v) is 9.13. The summed E-state index contributed by atoms with van der Waals surface area (Å²) < 4.78 is 33.0. The van der Waals surface area contributed by atoms with E-state index in [4.69, 9.17) is 4.52 Å². The number of thiophene rings is 2. The van der Waals surface area contributed by atoms with Gasteiger partial charge in [-0.2, -0.15) is 9.29 Å². The zero-order chi connectivity index (χ0) is 21.1. The molecule has 0 aliphatic carbocycles. The Morgan fingerprint density at radius 1 is 1.40 bits per heavy atom. The van der Waals surface area contributed by atoms with E-state index in [1.54, 1.807) is 22.8 Å². The Labute approximate surface area is 183 Å². The van der Waals surface area contributed by atoms with E-state index >= 15 is 0 Å². The van der Waals surface area contributed by atoms with Crippen LogP contribution in [-0.4, -0.2) is 41.9 Å². The van der Waals surface area contributed by atoms with Crippen molar-refractivity contribution in [2.45, 2.75) is 36.9 Å². The minimum Gasteiger partial charge on any atom is -0.351 e. The van der Waals surface area contributed by atoms with Crippen LogP contribution in [0.15, 0.2) is 37.7 Å². The first kappa shape index (κ1) is 21.2.